The number of carbonyl (C=O) groups excluding carboxylic acids is 1. The Balaban J connectivity index is 3.35. The number of aliphatic hydroxyl groups is 1. The van der Waals surface area contributed by atoms with E-state index in [1.165, 1.54) is 13.0 Å². The Bertz CT molecular complexity index is 549. The van der Waals surface area contributed by atoms with E-state index in [1.807, 2.05) is 0 Å². The number of benzene rings is 1. The third kappa shape index (κ3) is 3.86. The lowest BCUT2D eigenvalue weighted by atomic mass is 10.0. The van der Waals surface area contributed by atoms with Gasteiger partial charge in [-0.1, -0.05) is 0 Å². The standard InChI is InChI=1S/C12H10F3NO4/c1-2-19-11(18)7-3-8(6-17)9(5-16)10(4-7)20-12(13,14)15/h3-4,17H,2,6H2,1H3. The Kier molecular flexibility index (Phi) is 4.94. The molecule has 0 saturated carbocycles. The molecular formula is C12H10F3NO4. The van der Waals surface area contributed by atoms with Crippen molar-refractivity contribution in [1.82, 2.24) is 0 Å². The first-order valence-corrected chi connectivity index (χ1v) is 5.43. The number of halogens is 3. The number of alkyl halides is 3. The second-order valence-corrected chi connectivity index (χ2v) is 3.55. The predicted molar refractivity (Wildman–Crippen MR) is 59.7 cm³/mol. The Morgan fingerprint density at radius 3 is 2.55 bits per heavy atom. The van der Waals surface area contributed by atoms with E-state index in [2.05, 4.69) is 9.47 Å². The SMILES string of the molecule is CCOC(=O)c1cc(CO)c(C#N)c(OC(F)(F)F)c1. The van der Waals surface area contributed by atoms with Crippen molar-refractivity contribution >= 4 is 5.97 Å². The average Bonchev–Trinajstić information content (AvgIpc) is 2.36. The summed E-state index contributed by atoms with van der Waals surface area (Å²) in [6, 6.07) is 3.34. The summed E-state index contributed by atoms with van der Waals surface area (Å²) in [6.07, 6.45) is -5.02. The van der Waals surface area contributed by atoms with Gasteiger partial charge in [-0.05, 0) is 24.6 Å². The van der Waals surface area contributed by atoms with Crippen molar-refractivity contribution in [3.8, 4) is 11.8 Å². The van der Waals surface area contributed by atoms with E-state index in [0.29, 0.717) is 0 Å². The highest BCUT2D eigenvalue weighted by Gasteiger charge is 2.33. The van der Waals surface area contributed by atoms with Gasteiger partial charge < -0.3 is 14.6 Å². The molecule has 1 N–H and O–H groups in total. The molecule has 0 heterocycles. The van der Waals surface area contributed by atoms with Crippen LogP contribution >= 0.6 is 0 Å². The highest BCUT2D eigenvalue weighted by atomic mass is 19.4. The second-order valence-electron chi connectivity index (χ2n) is 3.55. The summed E-state index contributed by atoms with van der Waals surface area (Å²) >= 11 is 0. The molecule has 0 aliphatic rings. The molecule has 1 aromatic carbocycles. The molecule has 5 nitrogen and oxygen atoms in total. The van der Waals surface area contributed by atoms with Gasteiger partial charge in [0.05, 0.1) is 24.3 Å². The smallest absolute Gasteiger partial charge is 0.462 e. The second kappa shape index (κ2) is 6.25. The normalized spacial score (nSPS) is 10.8. The summed E-state index contributed by atoms with van der Waals surface area (Å²) in [6.45, 7) is 0.842. The van der Waals surface area contributed by atoms with Crippen molar-refractivity contribution in [2.75, 3.05) is 6.61 Å². The van der Waals surface area contributed by atoms with Gasteiger partial charge in [-0.2, -0.15) is 5.26 Å². The van der Waals surface area contributed by atoms with Crippen LogP contribution in [0.4, 0.5) is 13.2 Å². The number of esters is 1. The summed E-state index contributed by atoms with van der Waals surface area (Å²) in [5.41, 5.74) is -0.885. The van der Waals surface area contributed by atoms with E-state index >= 15 is 0 Å². The molecule has 108 valence electrons. The Labute approximate surface area is 112 Å². The topological polar surface area (TPSA) is 79.5 Å². The van der Waals surface area contributed by atoms with Crippen LogP contribution in [0.15, 0.2) is 12.1 Å². The minimum Gasteiger partial charge on any atom is -0.462 e. The molecule has 0 aromatic heterocycles. The summed E-state index contributed by atoms with van der Waals surface area (Å²) in [7, 11) is 0. The molecule has 0 radical (unpaired) electrons. The maximum absolute atomic E-state index is 12.3. The minimum absolute atomic E-state index is 0.0305. The molecular weight excluding hydrogens is 279 g/mol. The third-order valence-corrected chi connectivity index (χ3v) is 2.20. The average molecular weight is 289 g/mol. The molecule has 0 spiro atoms. The van der Waals surface area contributed by atoms with Crippen molar-refractivity contribution in [3.05, 3.63) is 28.8 Å². The molecule has 20 heavy (non-hydrogen) atoms. The zero-order valence-electron chi connectivity index (χ0n) is 10.3. The first-order valence-electron chi connectivity index (χ1n) is 5.43. The van der Waals surface area contributed by atoms with E-state index in [0.717, 1.165) is 12.1 Å². The number of nitrogens with zero attached hydrogens (tertiary/aromatic N) is 1. The molecule has 0 fully saturated rings. The van der Waals surface area contributed by atoms with Crippen molar-refractivity contribution < 1.29 is 32.5 Å². The van der Waals surface area contributed by atoms with Crippen molar-refractivity contribution in [1.29, 1.82) is 5.26 Å². The van der Waals surface area contributed by atoms with Gasteiger partial charge in [-0.25, -0.2) is 4.79 Å². The number of hydrogen-bond donors (Lipinski definition) is 1. The van der Waals surface area contributed by atoms with Crippen LogP contribution in [0.1, 0.15) is 28.4 Å². The Hall–Kier alpha value is -2.27. The first kappa shape index (κ1) is 15.8. The van der Waals surface area contributed by atoms with Crippen LogP contribution < -0.4 is 4.74 Å². The lowest BCUT2D eigenvalue weighted by molar-refractivity contribution is -0.274. The van der Waals surface area contributed by atoms with E-state index in [1.54, 1.807) is 0 Å². The number of ether oxygens (including phenoxy) is 2. The molecule has 1 rings (SSSR count). The lowest BCUT2D eigenvalue weighted by Gasteiger charge is -2.13. The maximum atomic E-state index is 12.3. The molecule has 0 aliphatic carbocycles. The predicted octanol–water partition coefficient (Wildman–Crippen LogP) is 2.13. The van der Waals surface area contributed by atoms with E-state index in [-0.39, 0.29) is 17.7 Å². The van der Waals surface area contributed by atoms with Gasteiger partial charge in [0, 0.05) is 0 Å². The fraction of sp³-hybridized carbons (Fsp3) is 0.333. The molecule has 8 heteroatoms. The molecule has 0 atom stereocenters. The van der Waals surface area contributed by atoms with Crippen LogP contribution in [-0.2, 0) is 11.3 Å². The van der Waals surface area contributed by atoms with Crippen molar-refractivity contribution in [3.63, 3.8) is 0 Å². The van der Waals surface area contributed by atoms with Crippen molar-refractivity contribution in [2.24, 2.45) is 0 Å². The number of hydrogen-bond acceptors (Lipinski definition) is 5. The van der Waals surface area contributed by atoms with Gasteiger partial charge in [0.25, 0.3) is 0 Å². The number of carbonyl (C=O) groups is 1. The number of aliphatic hydroxyl groups excluding tert-OH is 1. The number of rotatable bonds is 4. The molecule has 0 saturated heterocycles. The van der Waals surface area contributed by atoms with Gasteiger partial charge in [0.15, 0.2) is 0 Å². The zero-order valence-corrected chi connectivity index (χ0v) is 10.3. The molecule has 0 amide bonds. The quantitative estimate of drug-likeness (QED) is 0.859. The van der Waals surface area contributed by atoms with Gasteiger partial charge in [-0.15, -0.1) is 13.2 Å². The lowest BCUT2D eigenvalue weighted by Crippen LogP contribution is -2.19. The minimum atomic E-state index is -5.02. The van der Waals surface area contributed by atoms with Crippen LogP contribution in [0, 0.1) is 11.3 Å². The summed E-state index contributed by atoms with van der Waals surface area (Å²) in [5.74, 6) is -1.73. The first-order chi connectivity index (χ1) is 9.32. The third-order valence-electron chi connectivity index (χ3n) is 2.20. The van der Waals surface area contributed by atoms with Crippen LogP contribution in [0.3, 0.4) is 0 Å². The fourth-order valence-corrected chi connectivity index (χ4v) is 1.46. The van der Waals surface area contributed by atoms with E-state index < -0.39 is 30.3 Å². The van der Waals surface area contributed by atoms with E-state index in [4.69, 9.17) is 10.4 Å². The monoisotopic (exact) mass is 289 g/mol. The summed E-state index contributed by atoms with van der Waals surface area (Å²) < 4.78 is 45.1. The van der Waals surface area contributed by atoms with Crippen LogP contribution in [0.2, 0.25) is 0 Å². The highest BCUT2D eigenvalue weighted by Crippen LogP contribution is 2.30. The Morgan fingerprint density at radius 1 is 1.45 bits per heavy atom. The van der Waals surface area contributed by atoms with Gasteiger partial charge >= 0.3 is 12.3 Å². The van der Waals surface area contributed by atoms with E-state index in [9.17, 15) is 18.0 Å². The zero-order chi connectivity index (χ0) is 15.3. The van der Waals surface area contributed by atoms with Crippen molar-refractivity contribution in [2.45, 2.75) is 19.9 Å². The molecule has 0 bridgehead atoms. The summed E-state index contributed by atoms with van der Waals surface area (Å²) in [5, 5.41) is 17.9. The molecule has 1 aromatic rings. The maximum Gasteiger partial charge on any atom is 0.573 e. The van der Waals surface area contributed by atoms with Crippen LogP contribution in [0.25, 0.3) is 0 Å². The Morgan fingerprint density at radius 2 is 2.10 bits per heavy atom. The van der Waals surface area contributed by atoms with Gasteiger partial charge in [0.1, 0.15) is 11.8 Å². The van der Waals surface area contributed by atoms with Gasteiger partial charge in [-0.3, -0.25) is 0 Å². The van der Waals surface area contributed by atoms with Crippen LogP contribution in [-0.4, -0.2) is 24.0 Å². The number of nitriles is 1. The highest BCUT2D eigenvalue weighted by molar-refractivity contribution is 5.90. The largest absolute Gasteiger partial charge is 0.573 e. The fourth-order valence-electron chi connectivity index (χ4n) is 1.46. The molecule has 0 aliphatic heterocycles. The summed E-state index contributed by atoms with van der Waals surface area (Å²) in [4.78, 5) is 11.5. The van der Waals surface area contributed by atoms with Crippen LogP contribution in [0.5, 0.6) is 5.75 Å². The molecule has 0 unspecified atom stereocenters. The van der Waals surface area contributed by atoms with Gasteiger partial charge in [0.2, 0.25) is 0 Å².